The van der Waals surface area contributed by atoms with Gasteiger partial charge in [0.2, 0.25) is 0 Å². The first-order valence-corrected chi connectivity index (χ1v) is 11.9. The zero-order valence-corrected chi connectivity index (χ0v) is 20.2. The molecule has 0 radical (unpaired) electrons. The third-order valence-electron chi connectivity index (χ3n) is 5.94. The lowest BCUT2D eigenvalue weighted by Crippen LogP contribution is -2.30. The normalized spacial score (nSPS) is 14.4. The molecule has 4 rings (SSSR count). The SMILES string of the molecule is COC(=O)Cn1c(=NC(=O)c2ccc(N3CCCCC3)c([N+](=O)[O-])c2)sc2c(C)cc(C)cc21. The first-order chi connectivity index (χ1) is 16.3. The minimum absolute atomic E-state index is 0.0977. The number of aryl methyl sites for hydroxylation is 2. The number of piperidine rings is 1. The third kappa shape index (κ3) is 4.72. The molecular formula is C24H26N4O5S. The second-order valence-corrected chi connectivity index (χ2v) is 9.38. The van der Waals surface area contributed by atoms with E-state index in [1.54, 1.807) is 16.7 Å². The van der Waals surface area contributed by atoms with E-state index in [-0.39, 0.29) is 17.8 Å². The Morgan fingerprint density at radius 2 is 1.88 bits per heavy atom. The Bertz CT molecular complexity index is 1350. The molecule has 2 aromatic carbocycles. The summed E-state index contributed by atoms with van der Waals surface area (Å²) in [6.45, 7) is 5.33. The van der Waals surface area contributed by atoms with E-state index in [0.717, 1.165) is 53.7 Å². The van der Waals surface area contributed by atoms with Crippen LogP contribution in [0.4, 0.5) is 11.4 Å². The number of benzene rings is 2. The number of rotatable bonds is 5. The summed E-state index contributed by atoms with van der Waals surface area (Å²) in [5.74, 6) is -1.07. The van der Waals surface area contributed by atoms with Crippen LogP contribution in [0, 0.1) is 24.0 Å². The molecule has 0 unspecified atom stereocenters. The van der Waals surface area contributed by atoms with Crippen molar-refractivity contribution in [2.75, 3.05) is 25.1 Å². The highest BCUT2D eigenvalue weighted by molar-refractivity contribution is 7.16. The number of esters is 1. The average molecular weight is 483 g/mol. The molecule has 1 aliphatic heterocycles. The topological polar surface area (TPSA) is 107 Å². The molecule has 34 heavy (non-hydrogen) atoms. The van der Waals surface area contributed by atoms with Crippen LogP contribution >= 0.6 is 11.3 Å². The Morgan fingerprint density at radius 3 is 2.56 bits per heavy atom. The summed E-state index contributed by atoms with van der Waals surface area (Å²) in [5.41, 5.74) is 3.36. The number of carbonyl (C=O) groups excluding carboxylic acids is 2. The molecule has 1 amide bonds. The molecule has 178 valence electrons. The smallest absolute Gasteiger partial charge is 0.325 e. The lowest BCUT2D eigenvalue weighted by atomic mass is 10.1. The molecule has 0 saturated carbocycles. The van der Waals surface area contributed by atoms with E-state index in [1.807, 2.05) is 30.9 Å². The number of hydrogen-bond donors (Lipinski definition) is 0. The van der Waals surface area contributed by atoms with Crippen LogP contribution in [0.15, 0.2) is 35.3 Å². The highest BCUT2D eigenvalue weighted by Gasteiger charge is 2.23. The predicted octanol–water partition coefficient (Wildman–Crippen LogP) is 4.13. The molecule has 0 atom stereocenters. The van der Waals surface area contributed by atoms with Crippen LogP contribution in [0.2, 0.25) is 0 Å². The van der Waals surface area contributed by atoms with E-state index in [4.69, 9.17) is 4.74 Å². The Labute approximate surface area is 200 Å². The van der Waals surface area contributed by atoms with Gasteiger partial charge in [-0.15, -0.1) is 0 Å². The maximum Gasteiger partial charge on any atom is 0.325 e. The lowest BCUT2D eigenvalue weighted by Gasteiger charge is -2.28. The van der Waals surface area contributed by atoms with Gasteiger partial charge < -0.3 is 14.2 Å². The third-order valence-corrected chi connectivity index (χ3v) is 7.17. The largest absolute Gasteiger partial charge is 0.468 e. The second-order valence-electron chi connectivity index (χ2n) is 8.40. The van der Waals surface area contributed by atoms with Gasteiger partial charge in [0.1, 0.15) is 12.2 Å². The quantitative estimate of drug-likeness (QED) is 0.307. The molecule has 3 aromatic rings. The Morgan fingerprint density at radius 1 is 1.15 bits per heavy atom. The highest BCUT2D eigenvalue weighted by atomic mass is 32.1. The summed E-state index contributed by atoms with van der Waals surface area (Å²) in [5, 5.41) is 11.8. The number of methoxy groups -OCH3 is 1. The number of anilines is 1. The van der Waals surface area contributed by atoms with E-state index >= 15 is 0 Å². The molecule has 10 heteroatoms. The fraction of sp³-hybridized carbons (Fsp3) is 0.375. The standard InChI is InChI=1S/C24H26N4O5S/c1-15-11-16(2)22-20(12-15)27(14-21(29)33-3)24(34-22)25-23(30)17-7-8-18(19(13-17)28(31)32)26-9-5-4-6-10-26/h7-8,11-13H,4-6,9-10,14H2,1-3H3. The number of nitrogens with zero attached hydrogens (tertiary/aromatic N) is 4. The van der Waals surface area contributed by atoms with Crippen molar-refractivity contribution >= 4 is 44.8 Å². The van der Waals surface area contributed by atoms with Crippen LogP contribution in [0.5, 0.6) is 0 Å². The minimum atomic E-state index is -0.604. The van der Waals surface area contributed by atoms with Gasteiger partial charge in [-0.25, -0.2) is 0 Å². The first-order valence-electron chi connectivity index (χ1n) is 11.1. The van der Waals surface area contributed by atoms with Crippen molar-refractivity contribution in [2.24, 2.45) is 4.99 Å². The zero-order valence-electron chi connectivity index (χ0n) is 19.4. The Balaban J connectivity index is 1.79. The number of nitro benzene ring substituents is 1. The summed E-state index contributed by atoms with van der Waals surface area (Å²) in [6, 6.07) is 8.46. The molecule has 1 saturated heterocycles. The van der Waals surface area contributed by atoms with Gasteiger partial charge in [0.05, 0.1) is 22.2 Å². The molecule has 1 fully saturated rings. The molecular weight excluding hydrogens is 456 g/mol. The molecule has 1 aromatic heterocycles. The molecule has 0 spiro atoms. The van der Waals surface area contributed by atoms with Crippen LogP contribution in [-0.4, -0.2) is 41.6 Å². The van der Waals surface area contributed by atoms with Gasteiger partial charge in [-0.2, -0.15) is 4.99 Å². The fourth-order valence-corrected chi connectivity index (χ4v) is 5.38. The van der Waals surface area contributed by atoms with E-state index in [0.29, 0.717) is 10.5 Å². The monoisotopic (exact) mass is 482 g/mol. The van der Waals surface area contributed by atoms with Crippen molar-refractivity contribution < 1.29 is 19.2 Å². The van der Waals surface area contributed by atoms with Gasteiger partial charge in [-0.3, -0.25) is 19.7 Å². The predicted molar refractivity (Wildman–Crippen MR) is 130 cm³/mol. The maximum absolute atomic E-state index is 13.1. The van der Waals surface area contributed by atoms with Gasteiger partial charge >= 0.3 is 5.97 Å². The van der Waals surface area contributed by atoms with Gasteiger partial charge in [0.15, 0.2) is 4.80 Å². The fourth-order valence-electron chi connectivity index (χ4n) is 4.30. The van der Waals surface area contributed by atoms with Crippen LogP contribution < -0.4 is 9.70 Å². The van der Waals surface area contributed by atoms with Crippen molar-refractivity contribution in [3.8, 4) is 0 Å². The lowest BCUT2D eigenvalue weighted by molar-refractivity contribution is -0.384. The van der Waals surface area contributed by atoms with Gasteiger partial charge in [-0.1, -0.05) is 17.4 Å². The number of amides is 1. The number of aromatic nitrogens is 1. The molecule has 0 N–H and O–H groups in total. The average Bonchev–Trinajstić information content (AvgIpc) is 3.16. The van der Waals surface area contributed by atoms with E-state index < -0.39 is 16.8 Å². The summed E-state index contributed by atoms with van der Waals surface area (Å²) in [7, 11) is 1.30. The van der Waals surface area contributed by atoms with Crippen LogP contribution in [0.1, 0.15) is 40.7 Å². The highest BCUT2D eigenvalue weighted by Crippen LogP contribution is 2.31. The second kappa shape index (κ2) is 9.76. The van der Waals surface area contributed by atoms with Crippen LogP contribution in [0.25, 0.3) is 10.2 Å². The van der Waals surface area contributed by atoms with Crippen LogP contribution in [-0.2, 0) is 16.1 Å². The van der Waals surface area contributed by atoms with Crippen molar-refractivity contribution in [2.45, 2.75) is 39.7 Å². The van der Waals surface area contributed by atoms with Crippen LogP contribution in [0.3, 0.4) is 0 Å². The van der Waals surface area contributed by atoms with Gasteiger partial charge in [-0.05, 0) is 62.4 Å². The summed E-state index contributed by atoms with van der Waals surface area (Å²) in [4.78, 5) is 43.1. The number of nitro groups is 1. The molecule has 1 aliphatic rings. The van der Waals surface area contributed by atoms with E-state index in [2.05, 4.69) is 4.99 Å². The van der Waals surface area contributed by atoms with Gasteiger partial charge in [0.25, 0.3) is 11.6 Å². The van der Waals surface area contributed by atoms with Crippen molar-refractivity contribution in [3.05, 3.63) is 61.9 Å². The maximum atomic E-state index is 13.1. The van der Waals surface area contributed by atoms with E-state index in [1.165, 1.54) is 24.5 Å². The van der Waals surface area contributed by atoms with Crippen molar-refractivity contribution in [1.82, 2.24) is 4.57 Å². The molecule has 9 nitrogen and oxygen atoms in total. The van der Waals surface area contributed by atoms with E-state index in [9.17, 15) is 19.7 Å². The number of fused-ring (bicyclic) bond motifs is 1. The van der Waals surface area contributed by atoms with Crippen molar-refractivity contribution in [3.63, 3.8) is 0 Å². The summed E-state index contributed by atoms with van der Waals surface area (Å²) >= 11 is 1.30. The number of thiazole rings is 1. The number of ether oxygens (including phenoxy) is 1. The van der Waals surface area contributed by atoms with Crippen molar-refractivity contribution in [1.29, 1.82) is 0 Å². The Kier molecular flexibility index (Phi) is 6.78. The molecule has 2 heterocycles. The summed E-state index contributed by atoms with van der Waals surface area (Å²) < 4.78 is 7.39. The molecule has 0 aliphatic carbocycles. The zero-order chi connectivity index (χ0) is 24.4. The first kappa shape index (κ1) is 23.6. The minimum Gasteiger partial charge on any atom is -0.468 e. The van der Waals surface area contributed by atoms with Gasteiger partial charge in [0, 0.05) is 24.7 Å². The number of hydrogen-bond acceptors (Lipinski definition) is 7. The Hall–Kier alpha value is -3.53. The molecule has 0 bridgehead atoms. The summed E-state index contributed by atoms with van der Waals surface area (Å²) in [6.07, 6.45) is 3.08. The number of carbonyl (C=O) groups is 2.